The number of fused-ring (bicyclic) bond motifs is 1. The van der Waals surface area contributed by atoms with Gasteiger partial charge >= 0.3 is 0 Å². The van der Waals surface area contributed by atoms with E-state index in [1.807, 2.05) is 24.0 Å². The number of nitrogens with zero attached hydrogens (tertiary/aromatic N) is 3. The first kappa shape index (κ1) is 26.9. The van der Waals surface area contributed by atoms with Crippen molar-refractivity contribution in [3.8, 4) is 11.5 Å². The number of amidine groups is 1. The fraction of sp³-hybridized carbons (Fsp3) is 0.346. The Morgan fingerprint density at radius 3 is 2.89 bits per heavy atom. The van der Waals surface area contributed by atoms with E-state index < -0.39 is 5.91 Å². The summed E-state index contributed by atoms with van der Waals surface area (Å²) in [4.78, 5) is 17.9. The number of aromatic nitrogens is 2. The van der Waals surface area contributed by atoms with Gasteiger partial charge in [-0.25, -0.2) is 9.38 Å². The zero-order valence-corrected chi connectivity index (χ0v) is 21.3. The number of hydrogen-bond donors (Lipinski definition) is 5. The van der Waals surface area contributed by atoms with Crippen molar-refractivity contribution in [1.82, 2.24) is 15.5 Å². The number of nitrogens with one attached hydrogen (secondary N) is 3. The first-order valence-corrected chi connectivity index (χ1v) is 12.3. The summed E-state index contributed by atoms with van der Waals surface area (Å²) in [6.07, 6.45) is 0.747. The third-order valence-corrected chi connectivity index (χ3v) is 5.90. The Balaban J connectivity index is 1.65. The van der Waals surface area contributed by atoms with Crippen LogP contribution in [0.15, 0.2) is 47.5 Å². The molecule has 4 rings (SSSR count). The number of benzene rings is 2. The number of aromatic amines is 1. The van der Waals surface area contributed by atoms with Crippen molar-refractivity contribution < 1.29 is 23.8 Å². The Bertz CT molecular complexity index is 1300. The maximum absolute atomic E-state index is 14.1. The van der Waals surface area contributed by atoms with Crippen molar-refractivity contribution in [2.45, 2.75) is 25.8 Å². The van der Waals surface area contributed by atoms with Crippen LogP contribution < -0.4 is 30.7 Å². The van der Waals surface area contributed by atoms with Crippen molar-refractivity contribution in [3.63, 3.8) is 0 Å². The molecule has 0 spiro atoms. The standard InChI is InChI=1S/C26H32FN7O4/c1-16(14-35)29-7-4-8-38-23-13-21-20(12-22(23)37-2)26(31-25-11-18(32-33-25)10-24(28)36)34(15-30-21)19-6-3-5-17(27)9-19/h3,5-6,9,11-13,16,29-30,35H,4,7-8,10,14-15H2,1-2H3,(H2,28,36)(H,32,33). The lowest BCUT2D eigenvalue weighted by atomic mass is 10.1. The molecule has 0 fully saturated rings. The fourth-order valence-corrected chi connectivity index (χ4v) is 3.99. The number of anilines is 2. The number of carbonyl (C=O) groups is 1. The van der Waals surface area contributed by atoms with Crippen LogP contribution in [-0.2, 0) is 11.2 Å². The zero-order chi connectivity index (χ0) is 27.1. The zero-order valence-electron chi connectivity index (χ0n) is 21.3. The van der Waals surface area contributed by atoms with Crippen LogP contribution in [0.25, 0.3) is 0 Å². The van der Waals surface area contributed by atoms with Gasteiger partial charge in [0.05, 0.1) is 39.1 Å². The Labute approximate surface area is 219 Å². The molecule has 12 heteroatoms. The van der Waals surface area contributed by atoms with Crippen molar-refractivity contribution in [2.75, 3.05) is 43.8 Å². The molecule has 1 aromatic heterocycles. The van der Waals surface area contributed by atoms with Crippen LogP contribution in [0.4, 0.5) is 21.6 Å². The quantitative estimate of drug-likeness (QED) is 0.226. The van der Waals surface area contributed by atoms with Gasteiger partial charge < -0.3 is 35.8 Å². The second kappa shape index (κ2) is 12.4. The van der Waals surface area contributed by atoms with E-state index in [2.05, 4.69) is 20.8 Å². The van der Waals surface area contributed by atoms with E-state index in [-0.39, 0.29) is 24.9 Å². The van der Waals surface area contributed by atoms with E-state index in [0.29, 0.717) is 59.9 Å². The number of hydrogen-bond acceptors (Lipinski definition) is 8. The molecule has 2 aromatic carbocycles. The predicted molar refractivity (Wildman–Crippen MR) is 143 cm³/mol. The van der Waals surface area contributed by atoms with Gasteiger partial charge in [0, 0.05) is 35.1 Å². The number of halogens is 1. The number of carbonyl (C=O) groups excluding carboxylic acids is 1. The Kier molecular flexibility index (Phi) is 8.77. The first-order valence-electron chi connectivity index (χ1n) is 12.3. The van der Waals surface area contributed by atoms with Crippen molar-refractivity contribution in [2.24, 2.45) is 10.7 Å². The van der Waals surface area contributed by atoms with Gasteiger partial charge in [-0.2, -0.15) is 5.10 Å². The van der Waals surface area contributed by atoms with Gasteiger partial charge in [-0.05, 0) is 44.2 Å². The number of primary amides is 1. The third-order valence-electron chi connectivity index (χ3n) is 5.90. The number of aliphatic hydroxyl groups excluding tert-OH is 1. The van der Waals surface area contributed by atoms with E-state index in [9.17, 15) is 9.18 Å². The molecule has 6 N–H and O–H groups in total. The van der Waals surface area contributed by atoms with Crippen molar-refractivity contribution in [1.29, 1.82) is 0 Å². The van der Waals surface area contributed by atoms with Crippen molar-refractivity contribution in [3.05, 3.63) is 59.5 Å². The smallest absolute Gasteiger partial charge is 0.223 e. The van der Waals surface area contributed by atoms with Crippen LogP contribution in [0.5, 0.6) is 11.5 Å². The van der Waals surface area contributed by atoms with E-state index in [4.69, 9.17) is 25.3 Å². The number of amides is 1. The number of ether oxygens (including phenoxy) is 2. The van der Waals surface area contributed by atoms with Crippen LogP contribution >= 0.6 is 0 Å². The minimum absolute atomic E-state index is 0.00651. The maximum Gasteiger partial charge on any atom is 0.223 e. The summed E-state index contributed by atoms with van der Waals surface area (Å²) in [5.41, 5.74) is 7.88. The van der Waals surface area contributed by atoms with Gasteiger partial charge in [0.15, 0.2) is 17.3 Å². The number of methoxy groups -OCH3 is 1. The lowest BCUT2D eigenvalue weighted by Gasteiger charge is -2.33. The molecule has 11 nitrogen and oxygen atoms in total. The highest BCUT2D eigenvalue weighted by atomic mass is 19.1. The van der Waals surface area contributed by atoms with E-state index in [0.717, 1.165) is 12.1 Å². The molecule has 0 saturated heterocycles. The third kappa shape index (κ3) is 6.58. The summed E-state index contributed by atoms with van der Waals surface area (Å²) < 4.78 is 25.7. The summed E-state index contributed by atoms with van der Waals surface area (Å²) in [5, 5.41) is 22.7. The van der Waals surface area contributed by atoms with E-state index in [1.165, 1.54) is 12.1 Å². The average Bonchev–Trinajstić information content (AvgIpc) is 3.33. The van der Waals surface area contributed by atoms with Gasteiger partial charge in [0.2, 0.25) is 5.91 Å². The van der Waals surface area contributed by atoms with Crippen LogP contribution in [0.3, 0.4) is 0 Å². The minimum atomic E-state index is -0.489. The second-order valence-electron chi connectivity index (χ2n) is 8.86. The predicted octanol–water partition coefficient (Wildman–Crippen LogP) is 2.29. The number of aliphatic hydroxyl groups is 1. The summed E-state index contributed by atoms with van der Waals surface area (Å²) in [7, 11) is 1.56. The molecular weight excluding hydrogens is 493 g/mol. The Morgan fingerprint density at radius 1 is 1.32 bits per heavy atom. The molecule has 1 atom stereocenters. The Hall–Kier alpha value is -4.16. The topological polar surface area (TPSA) is 150 Å². The van der Waals surface area contributed by atoms with E-state index >= 15 is 0 Å². The maximum atomic E-state index is 14.1. The summed E-state index contributed by atoms with van der Waals surface area (Å²) in [5.74, 6) is 1.06. The summed E-state index contributed by atoms with van der Waals surface area (Å²) >= 11 is 0. The van der Waals surface area contributed by atoms with Gasteiger partial charge in [0.1, 0.15) is 11.7 Å². The largest absolute Gasteiger partial charge is 0.493 e. The molecule has 202 valence electrons. The van der Waals surface area contributed by atoms with Crippen LogP contribution in [0.2, 0.25) is 0 Å². The molecule has 0 radical (unpaired) electrons. The molecule has 1 unspecified atom stereocenters. The average molecular weight is 526 g/mol. The molecule has 0 bridgehead atoms. The number of aliphatic imine (C=N–C) groups is 1. The Morgan fingerprint density at radius 2 is 2.16 bits per heavy atom. The van der Waals surface area contributed by atoms with Crippen molar-refractivity contribution >= 4 is 28.9 Å². The molecule has 3 aromatic rings. The fourth-order valence-electron chi connectivity index (χ4n) is 3.99. The molecule has 2 heterocycles. The van der Waals surface area contributed by atoms with Crippen LogP contribution in [0.1, 0.15) is 24.6 Å². The minimum Gasteiger partial charge on any atom is -0.493 e. The highest BCUT2D eigenvalue weighted by Crippen LogP contribution is 2.38. The van der Waals surface area contributed by atoms with Gasteiger partial charge in [-0.1, -0.05) is 6.07 Å². The summed E-state index contributed by atoms with van der Waals surface area (Å²) in [6, 6.07) is 11.5. The molecule has 38 heavy (non-hydrogen) atoms. The molecule has 1 aliphatic rings. The highest BCUT2D eigenvalue weighted by molar-refractivity contribution is 6.16. The number of rotatable bonds is 12. The normalized spacial score (nSPS) is 14.6. The SMILES string of the molecule is COc1cc2c(cc1OCCCNC(C)CO)NCN(c1cccc(F)c1)C2=Nc1cc(CC(N)=O)[nH]n1. The second-order valence-corrected chi connectivity index (χ2v) is 8.86. The van der Waals surface area contributed by atoms with Crippen LogP contribution in [-0.4, -0.2) is 66.6 Å². The molecule has 0 aliphatic carbocycles. The molecule has 1 aliphatic heterocycles. The monoisotopic (exact) mass is 525 g/mol. The van der Waals surface area contributed by atoms with Gasteiger partial charge in [-0.15, -0.1) is 0 Å². The molecular formula is C26H32FN7O4. The van der Waals surface area contributed by atoms with Crippen LogP contribution in [0, 0.1) is 5.82 Å². The lowest BCUT2D eigenvalue weighted by Crippen LogP contribution is -2.40. The van der Waals surface area contributed by atoms with Gasteiger partial charge in [0.25, 0.3) is 0 Å². The molecule has 1 amide bonds. The highest BCUT2D eigenvalue weighted by Gasteiger charge is 2.27. The first-order chi connectivity index (χ1) is 18.4. The number of H-pyrrole nitrogens is 1. The lowest BCUT2D eigenvalue weighted by molar-refractivity contribution is -0.117. The van der Waals surface area contributed by atoms with E-state index in [1.54, 1.807) is 25.3 Å². The summed E-state index contributed by atoms with van der Waals surface area (Å²) in [6.45, 7) is 3.45. The molecule has 0 saturated carbocycles. The number of nitrogens with two attached hydrogens (primary N) is 1. The van der Waals surface area contributed by atoms with Gasteiger partial charge in [-0.3, -0.25) is 9.89 Å².